The van der Waals surface area contributed by atoms with Crippen molar-refractivity contribution in [3.05, 3.63) is 53.1 Å². The lowest BCUT2D eigenvalue weighted by Crippen LogP contribution is -2.43. The van der Waals surface area contributed by atoms with E-state index < -0.39 is 30.1 Å². The lowest BCUT2D eigenvalue weighted by molar-refractivity contribution is -0.137. The molecular weight excluding hydrogens is 373 g/mol. The van der Waals surface area contributed by atoms with Crippen LogP contribution in [0.3, 0.4) is 0 Å². The van der Waals surface area contributed by atoms with Gasteiger partial charge in [0, 0.05) is 5.02 Å². The van der Waals surface area contributed by atoms with E-state index in [9.17, 15) is 22.8 Å². The highest BCUT2D eigenvalue weighted by molar-refractivity contribution is 6.31. The predicted octanol–water partition coefficient (Wildman–Crippen LogP) is 3.72. The number of hydrogen-bond donors (Lipinski definition) is 1. The highest BCUT2D eigenvalue weighted by Gasteiger charge is 2.34. The van der Waals surface area contributed by atoms with E-state index in [4.69, 9.17) is 16.3 Å². The molecule has 9 heteroatoms. The quantitative estimate of drug-likeness (QED) is 0.877. The number of halogens is 4. The molecule has 1 N–H and O–H groups in total. The molecule has 0 saturated carbocycles. The van der Waals surface area contributed by atoms with Crippen molar-refractivity contribution in [2.45, 2.75) is 6.18 Å². The standard InChI is InChI=1S/C17H12ClF3N2O3/c18-10-5-6-14-13(7-10)23(16(25)9-26-14)8-15(24)22-12-4-2-1-3-11(12)17(19,20)21/h1-7H,8-9H2,(H,22,24). The Hall–Kier alpha value is -2.74. The van der Waals surface area contributed by atoms with Crippen LogP contribution < -0.4 is 15.0 Å². The molecule has 0 aliphatic carbocycles. The molecule has 0 radical (unpaired) electrons. The van der Waals surface area contributed by atoms with Gasteiger partial charge < -0.3 is 10.1 Å². The van der Waals surface area contributed by atoms with Gasteiger partial charge in [-0.05, 0) is 30.3 Å². The summed E-state index contributed by atoms with van der Waals surface area (Å²) in [6.07, 6.45) is -4.61. The number of hydrogen-bond acceptors (Lipinski definition) is 3. The van der Waals surface area contributed by atoms with Crippen LogP contribution in [0.2, 0.25) is 5.02 Å². The molecule has 2 aromatic carbocycles. The van der Waals surface area contributed by atoms with E-state index in [1.54, 1.807) is 12.1 Å². The first kappa shape index (κ1) is 18.1. The minimum absolute atomic E-state index is 0.277. The Bertz CT molecular complexity index is 871. The van der Waals surface area contributed by atoms with Gasteiger partial charge in [-0.15, -0.1) is 0 Å². The van der Waals surface area contributed by atoms with E-state index in [2.05, 4.69) is 5.32 Å². The molecule has 136 valence electrons. The van der Waals surface area contributed by atoms with Gasteiger partial charge in [0.2, 0.25) is 5.91 Å². The number of fused-ring (bicyclic) bond motifs is 1. The average molecular weight is 385 g/mol. The summed E-state index contributed by atoms with van der Waals surface area (Å²) in [6, 6.07) is 9.17. The first-order valence-electron chi connectivity index (χ1n) is 7.44. The van der Waals surface area contributed by atoms with E-state index in [0.717, 1.165) is 17.0 Å². The van der Waals surface area contributed by atoms with Gasteiger partial charge >= 0.3 is 6.18 Å². The number of carbonyl (C=O) groups is 2. The van der Waals surface area contributed by atoms with Gasteiger partial charge in [0.1, 0.15) is 12.3 Å². The van der Waals surface area contributed by atoms with Crippen LogP contribution in [0.15, 0.2) is 42.5 Å². The van der Waals surface area contributed by atoms with Gasteiger partial charge in [-0.3, -0.25) is 14.5 Å². The number of nitrogens with zero attached hydrogens (tertiary/aromatic N) is 1. The van der Waals surface area contributed by atoms with Crippen LogP contribution in [0.4, 0.5) is 24.5 Å². The van der Waals surface area contributed by atoms with Crippen LogP contribution in [-0.2, 0) is 15.8 Å². The number of amides is 2. The Morgan fingerprint density at radius 2 is 1.96 bits per heavy atom. The molecule has 0 fully saturated rings. The number of nitrogens with one attached hydrogen (secondary N) is 1. The summed E-state index contributed by atoms with van der Waals surface area (Å²) in [7, 11) is 0. The van der Waals surface area contributed by atoms with E-state index in [0.29, 0.717) is 10.8 Å². The summed E-state index contributed by atoms with van der Waals surface area (Å²) < 4.78 is 44.3. The summed E-state index contributed by atoms with van der Waals surface area (Å²) in [4.78, 5) is 25.5. The zero-order valence-corrected chi connectivity index (χ0v) is 13.9. The van der Waals surface area contributed by atoms with E-state index in [1.807, 2.05) is 0 Å². The maximum absolute atomic E-state index is 13.0. The minimum Gasteiger partial charge on any atom is -0.482 e. The molecule has 1 aliphatic rings. The van der Waals surface area contributed by atoms with Gasteiger partial charge in [0.25, 0.3) is 5.91 Å². The fourth-order valence-electron chi connectivity index (χ4n) is 2.52. The monoisotopic (exact) mass is 384 g/mol. The van der Waals surface area contributed by atoms with Crippen molar-refractivity contribution in [3.8, 4) is 5.75 Å². The molecule has 0 atom stereocenters. The molecule has 0 bridgehead atoms. The van der Waals surface area contributed by atoms with Gasteiger partial charge in [0.15, 0.2) is 6.61 Å². The second-order valence-electron chi connectivity index (χ2n) is 5.47. The molecule has 1 heterocycles. The maximum Gasteiger partial charge on any atom is 0.418 e. The van der Waals surface area contributed by atoms with Gasteiger partial charge in [-0.2, -0.15) is 13.2 Å². The number of para-hydroxylation sites is 1. The topological polar surface area (TPSA) is 58.6 Å². The Morgan fingerprint density at radius 3 is 2.69 bits per heavy atom. The van der Waals surface area contributed by atoms with Crippen molar-refractivity contribution >= 4 is 34.8 Å². The van der Waals surface area contributed by atoms with Gasteiger partial charge in [-0.1, -0.05) is 23.7 Å². The van der Waals surface area contributed by atoms with Gasteiger partial charge in [0.05, 0.1) is 16.9 Å². The summed E-state index contributed by atoms with van der Waals surface area (Å²) in [6.45, 7) is -0.747. The first-order valence-corrected chi connectivity index (χ1v) is 7.82. The van der Waals surface area contributed by atoms with Crippen LogP contribution in [0.1, 0.15) is 5.56 Å². The molecular formula is C17H12ClF3N2O3. The fourth-order valence-corrected chi connectivity index (χ4v) is 2.69. The maximum atomic E-state index is 13.0. The molecule has 0 unspecified atom stereocenters. The van der Waals surface area contributed by atoms with Crippen molar-refractivity contribution in [2.75, 3.05) is 23.4 Å². The zero-order chi connectivity index (χ0) is 18.9. The minimum atomic E-state index is -4.61. The van der Waals surface area contributed by atoms with Crippen molar-refractivity contribution in [1.29, 1.82) is 0 Å². The molecule has 2 amide bonds. The third-order valence-electron chi connectivity index (χ3n) is 3.67. The SMILES string of the molecule is O=C(CN1C(=O)COc2ccc(Cl)cc21)Nc1ccccc1C(F)(F)F. The Kier molecular flexibility index (Phi) is 4.78. The van der Waals surface area contributed by atoms with Crippen molar-refractivity contribution in [2.24, 2.45) is 0 Å². The summed E-state index contributed by atoms with van der Waals surface area (Å²) in [5.41, 5.74) is -1.06. The predicted molar refractivity (Wildman–Crippen MR) is 89.4 cm³/mol. The van der Waals surface area contributed by atoms with Crippen molar-refractivity contribution < 1.29 is 27.5 Å². The third kappa shape index (κ3) is 3.75. The largest absolute Gasteiger partial charge is 0.482 e. The van der Waals surface area contributed by atoms with E-state index in [-0.39, 0.29) is 18.0 Å². The lowest BCUT2D eigenvalue weighted by Gasteiger charge is -2.29. The van der Waals surface area contributed by atoms with Crippen LogP contribution >= 0.6 is 11.6 Å². The number of alkyl halides is 3. The summed E-state index contributed by atoms with van der Waals surface area (Å²) >= 11 is 5.91. The Balaban J connectivity index is 1.82. The molecule has 0 aromatic heterocycles. The second-order valence-corrected chi connectivity index (χ2v) is 5.91. The third-order valence-corrected chi connectivity index (χ3v) is 3.91. The van der Waals surface area contributed by atoms with E-state index in [1.165, 1.54) is 18.2 Å². The molecule has 3 rings (SSSR count). The van der Waals surface area contributed by atoms with Crippen molar-refractivity contribution in [3.63, 3.8) is 0 Å². The second kappa shape index (κ2) is 6.87. The first-order chi connectivity index (χ1) is 12.3. The van der Waals surface area contributed by atoms with Crippen molar-refractivity contribution in [1.82, 2.24) is 0 Å². The summed E-state index contributed by atoms with van der Waals surface area (Å²) in [5.74, 6) is -0.917. The zero-order valence-electron chi connectivity index (χ0n) is 13.1. The number of ether oxygens (including phenoxy) is 1. The molecule has 26 heavy (non-hydrogen) atoms. The van der Waals surface area contributed by atoms with E-state index >= 15 is 0 Å². The molecule has 2 aromatic rings. The number of carbonyl (C=O) groups excluding carboxylic acids is 2. The molecule has 0 saturated heterocycles. The lowest BCUT2D eigenvalue weighted by atomic mass is 10.1. The Labute approximate surface area is 151 Å². The smallest absolute Gasteiger partial charge is 0.418 e. The fraction of sp³-hybridized carbons (Fsp3) is 0.176. The highest BCUT2D eigenvalue weighted by Crippen LogP contribution is 2.36. The Morgan fingerprint density at radius 1 is 1.23 bits per heavy atom. The molecule has 0 spiro atoms. The number of anilines is 2. The molecule has 5 nitrogen and oxygen atoms in total. The van der Waals surface area contributed by atoms with Crippen LogP contribution in [0.5, 0.6) is 5.75 Å². The van der Waals surface area contributed by atoms with Crippen LogP contribution in [-0.4, -0.2) is 25.0 Å². The highest BCUT2D eigenvalue weighted by atomic mass is 35.5. The van der Waals surface area contributed by atoms with Gasteiger partial charge in [-0.25, -0.2) is 0 Å². The van der Waals surface area contributed by atoms with Crippen LogP contribution in [0, 0.1) is 0 Å². The normalized spacial score (nSPS) is 13.8. The number of benzene rings is 2. The number of rotatable bonds is 3. The average Bonchev–Trinajstić information content (AvgIpc) is 2.57. The summed E-state index contributed by atoms with van der Waals surface area (Å²) in [5, 5.41) is 2.53. The molecule has 1 aliphatic heterocycles. The van der Waals surface area contributed by atoms with Crippen LogP contribution in [0.25, 0.3) is 0 Å².